The molecule has 0 N–H and O–H groups in total. The first-order valence-electron chi connectivity index (χ1n) is 6.75. The highest BCUT2D eigenvalue weighted by atomic mass is 127. The average molecular weight is 546 g/mol. The van der Waals surface area contributed by atoms with Crippen molar-refractivity contribution in [1.29, 1.82) is 0 Å². The lowest BCUT2D eigenvalue weighted by atomic mass is 10.0. The first-order chi connectivity index (χ1) is 10.5. The van der Waals surface area contributed by atoms with E-state index in [1.54, 1.807) is 0 Å². The van der Waals surface area contributed by atoms with Crippen molar-refractivity contribution in [2.24, 2.45) is 0 Å². The van der Waals surface area contributed by atoms with Crippen LogP contribution in [-0.4, -0.2) is 0 Å². The number of hydrogen-bond donors (Lipinski definition) is 0. The van der Waals surface area contributed by atoms with Crippen LogP contribution < -0.4 is 10.6 Å². The topological polar surface area (TPSA) is 0 Å². The molecule has 22 heavy (non-hydrogen) atoms. The Morgan fingerprint density at radius 1 is 0.545 bits per heavy atom. The predicted molar refractivity (Wildman–Crippen MR) is 121 cm³/mol. The van der Waals surface area contributed by atoms with Gasteiger partial charge in [0.25, 0.3) is 0 Å². The molecule has 0 saturated carbocycles. The van der Waals surface area contributed by atoms with Gasteiger partial charge in [0.15, 0.2) is 0 Å². The molecule has 0 aliphatic carbocycles. The van der Waals surface area contributed by atoms with Crippen molar-refractivity contribution in [1.82, 2.24) is 0 Å². The minimum absolute atomic E-state index is 1.22. The first kappa shape index (κ1) is 16.8. The van der Waals surface area contributed by atoms with Crippen molar-refractivity contribution in [3.63, 3.8) is 0 Å². The molecule has 0 fully saturated rings. The van der Waals surface area contributed by atoms with Crippen LogP contribution in [0.5, 0.6) is 0 Å². The summed E-state index contributed by atoms with van der Waals surface area (Å²) in [4.78, 5) is 0. The first-order valence-corrected chi connectivity index (χ1v) is 10.1. The zero-order valence-electron chi connectivity index (χ0n) is 11.7. The quantitative estimate of drug-likeness (QED) is 0.306. The molecule has 2 unspecified atom stereocenters. The van der Waals surface area contributed by atoms with Gasteiger partial charge in [-0.15, -0.1) is 18.5 Å². The highest BCUT2D eigenvalue weighted by Crippen LogP contribution is 2.29. The Balaban J connectivity index is 1.99. The molecule has 0 amide bonds. The molecular formula is C18H14I2P2. The Kier molecular flexibility index (Phi) is 5.55. The van der Waals surface area contributed by atoms with Crippen LogP contribution in [0.4, 0.5) is 0 Å². The van der Waals surface area contributed by atoms with Gasteiger partial charge in [-0.05, 0) is 90.2 Å². The monoisotopic (exact) mass is 546 g/mol. The smallest absolute Gasteiger partial charge is 0.0214 e. The second kappa shape index (κ2) is 7.25. The van der Waals surface area contributed by atoms with Gasteiger partial charge in [0.1, 0.15) is 0 Å². The van der Waals surface area contributed by atoms with Gasteiger partial charge in [-0.1, -0.05) is 48.5 Å². The maximum atomic E-state index is 2.75. The molecule has 4 heteroatoms. The molecule has 3 rings (SSSR count). The van der Waals surface area contributed by atoms with E-state index in [1.165, 1.54) is 40.0 Å². The summed E-state index contributed by atoms with van der Waals surface area (Å²) in [6, 6.07) is 21.9. The van der Waals surface area contributed by atoms with Gasteiger partial charge >= 0.3 is 0 Å². The van der Waals surface area contributed by atoms with Crippen LogP contribution in [0.2, 0.25) is 0 Å². The maximum Gasteiger partial charge on any atom is 0.0214 e. The second-order valence-corrected chi connectivity index (χ2v) is 8.71. The highest BCUT2D eigenvalue weighted by Gasteiger charge is 2.06. The molecule has 2 atom stereocenters. The van der Waals surface area contributed by atoms with E-state index in [1.807, 2.05) is 0 Å². The van der Waals surface area contributed by atoms with Crippen molar-refractivity contribution < 1.29 is 0 Å². The zero-order chi connectivity index (χ0) is 15.7. The highest BCUT2D eigenvalue weighted by molar-refractivity contribution is 14.1. The fraction of sp³-hybridized carbons (Fsp3) is 0. The lowest BCUT2D eigenvalue weighted by Gasteiger charge is -2.09. The Bertz CT molecular complexity index is 756. The lowest BCUT2D eigenvalue weighted by molar-refractivity contribution is 1.57. The third-order valence-corrected chi connectivity index (χ3v) is 6.00. The number of hydrogen-bond acceptors (Lipinski definition) is 0. The summed E-state index contributed by atoms with van der Waals surface area (Å²) in [5.41, 5.74) is 5.09. The Labute approximate surface area is 163 Å². The van der Waals surface area contributed by atoms with Crippen LogP contribution >= 0.6 is 63.7 Å². The van der Waals surface area contributed by atoms with E-state index >= 15 is 0 Å². The standard InChI is InChI=1S/C18H14I2P2/c19-17-9-13(21)5-7-15(17)11-1-2-12(4-3-11)16-8-6-14(22)10-18(16)20/h1-10H,21-22H2. The van der Waals surface area contributed by atoms with Crippen molar-refractivity contribution >= 4 is 74.3 Å². The summed E-state index contributed by atoms with van der Waals surface area (Å²) in [6.07, 6.45) is 0. The molecular weight excluding hydrogens is 532 g/mol. The fourth-order valence-electron chi connectivity index (χ4n) is 2.36. The summed E-state index contributed by atoms with van der Waals surface area (Å²) in [5.74, 6) is 0. The van der Waals surface area contributed by atoms with Crippen LogP contribution in [0.15, 0.2) is 60.7 Å². The van der Waals surface area contributed by atoms with E-state index in [2.05, 4.69) is 124 Å². The largest absolute Gasteiger partial charge is 0.106 e. The van der Waals surface area contributed by atoms with Crippen LogP contribution in [0.25, 0.3) is 22.3 Å². The summed E-state index contributed by atoms with van der Waals surface area (Å²) >= 11 is 4.80. The molecule has 0 aliphatic rings. The van der Waals surface area contributed by atoms with E-state index in [-0.39, 0.29) is 0 Å². The van der Waals surface area contributed by atoms with E-state index < -0.39 is 0 Å². The molecule has 0 spiro atoms. The van der Waals surface area contributed by atoms with E-state index in [0.717, 1.165) is 0 Å². The molecule has 3 aromatic rings. The molecule has 0 heterocycles. The van der Waals surface area contributed by atoms with Gasteiger partial charge < -0.3 is 0 Å². The zero-order valence-corrected chi connectivity index (χ0v) is 18.3. The third-order valence-electron chi connectivity index (χ3n) is 3.49. The van der Waals surface area contributed by atoms with Crippen molar-refractivity contribution in [3.05, 3.63) is 67.8 Å². The van der Waals surface area contributed by atoms with Gasteiger partial charge in [0.2, 0.25) is 0 Å². The molecule has 0 saturated heterocycles. The maximum absolute atomic E-state index is 2.75. The molecule has 0 radical (unpaired) electrons. The summed E-state index contributed by atoms with van der Waals surface area (Å²) in [6.45, 7) is 0. The molecule has 110 valence electrons. The van der Waals surface area contributed by atoms with Gasteiger partial charge in [-0.25, -0.2) is 0 Å². The van der Waals surface area contributed by atoms with E-state index in [0.29, 0.717) is 0 Å². The van der Waals surface area contributed by atoms with Crippen LogP contribution in [0, 0.1) is 7.14 Å². The molecule has 0 aromatic heterocycles. The Morgan fingerprint density at radius 3 is 1.23 bits per heavy atom. The molecule has 0 bridgehead atoms. The Hall–Kier alpha value is -0.0200. The third kappa shape index (κ3) is 3.72. The van der Waals surface area contributed by atoms with Gasteiger partial charge in [0.05, 0.1) is 0 Å². The molecule has 3 aromatic carbocycles. The fourth-order valence-corrected chi connectivity index (χ4v) is 5.27. The van der Waals surface area contributed by atoms with Crippen molar-refractivity contribution in [3.8, 4) is 22.3 Å². The number of benzene rings is 3. The van der Waals surface area contributed by atoms with Crippen LogP contribution in [0.1, 0.15) is 0 Å². The summed E-state index contributed by atoms with van der Waals surface area (Å²) in [7, 11) is 5.50. The average Bonchev–Trinajstić information content (AvgIpc) is 2.48. The minimum Gasteiger partial charge on any atom is -0.106 e. The second-order valence-electron chi connectivity index (χ2n) is 5.06. The van der Waals surface area contributed by atoms with Crippen LogP contribution in [0.3, 0.4) is 0 Å². The van der Waals surface area contributed by atoms with E-state index in [4.69, 9.17) is 0 Å². The molecule has 0 aliphatic heterocycles. The summed E-state index contributed by atoms with van der Waals surface area (Å²) < 4.78 is 2.56. The normalized spacial score (nSPS) is 10.7. The lowest BCUT2D eigenvalue weighted by Crippen LogP contribution is -1.94. The minimum atomic E-state index is 1.22. The predicted octanol–water partition coefficient (Wildman–Crippen LogP) is 5.23. The van der Waals surface area contributed by atoms with Gasteiger partial charge in [0, 0.05) is 7.14 Å². The SMILES string of the molecule is Pc1ccc(-c2ccc(-c3ccc(P)cc3I)cc2)c(I)c1. The van der Waals surface area contributed by atoms with Crippen molar-refractivity contribution in [2.45, 2.75) is 0 Å². The van der Waals surface area contributed by atoms with Crippen molar-refractivity contribution in [2.75, 3.05) is 0 Å². The van der Waals surface area contributed by atoms with Gasteiger partial charge in [-0.3, -0.25) is 0 Å². The number of halogens is 2. The van der Waals surface area contributed by atoms with E-state index in [9.17, 15) is 0 Å². The Morgan fingerprint density at radius 2 is 0.909 bits per heavy atom. The van der Waals surface area contributed by atoms with Crippen LogP contribution in [-0.2, 0) is 0 Å². The molecule has 0 nitrogen and oxygen atoms in total. The van der Waals surface area contributed by atoms with Gasteiger partial charge in [-0.2, -0.15) is 0 Å². The number of rotatable bonds is 2. The summed E-state index contributed by atoms with van der Waals surface area (Å²) in [5, 5.41) is 2.44.